The molecule has 9 rings (SSSR count). The molecule has 11 atom stereocenters. The van der Waals surface area contributed by atoms with Crippen LogP contribution >= 0.6 is 12.4 Å². The predicted octanol–water partition coefficient (Wildman–Crippen LogP) is 3.38. The molecule has 7 amide bonds. The average molecular weight is 1300 g/mol. The number of anilines is 1. The number of aliphatic hydroxyl groups is 2. The largest absolute Gasteiger partial charge is 0.462 e. The number of cyclic esters (lactones) is 1. The van der Waals surface area contributed by atoms with Gasteiger partial charge in [-0.15, -0.1) is 12.4 Å². The highest BCUT2D eigenvalue weighted by Gasteiger charge is 2.52. The number of hydrogen-bond acceptors (Lipinski definition) is 18. The number of carbonyl (C=O) groups is 8. The first-order valence-electron chi connectivity index (χ1n) is 30.8. The summed E-state index contributed by atoms with van der Waals surface area (Å²) in [5.41, 5.74) is 1.04. The number of hydrogen-bond donors (Lipinski definition) is 9. The van der Waals surface area contributed by atoms with Crippen molar-refractivity contribution in [1.29, 1.82) is 0 Å². The van der Waals surface area contributed by atoms with E-state index in [1.54, 1.807) is 62.6 Å². The Morgan fingerprint density at radius 2 is 1.55 bits per heavy atom. The van der Waals surface area contributed by atoms with Crippen LogP contribution < -0.4 is 42.2 Å². The molecule has 0 bridgehead atoms. The van der Waals surface area contributed by atoms with Gasteiger partial charge in [0.05, 0.1) is 48.0 Å². The van der Waals surface area contributed by atoms with E-state index in [1.807, 2.05) is 58.0 Å². The van der Waals surface area contributed by atoms with E-state index in [0.29, 0.717) is 46.9 Å². The maximum Gasteiger partial charge on any atom is 0.355 e. The maximum atomic E-state index is 14.6. The number of ether oxygens (including phenoxy) is 5. The fourth-order valence-electron chi connectivity index (χ4n) is 12.0. The van der Waals surface area contributed by atoms with Crippen LogP contribution in [-0.2, 0) is 77.7 Å². The van der Waals surface area contributed by atoms with E-state index in [1.165, 1.54) is 24.5 Å². The predicted molar refractivity (Wildman–Crippen MR) is 335 cm³/mol. The molecule has 496 valence electrons. The van der Waals surface area contributed by atoms with Crippen molar-refractivity contribution < 1.29 is 72.3 Å². The molecule has 3 aromatic heterocycles. The number of amides is 7. The second-order valence-corrected chi connectivity index (χ2v) is 24.7. The number of nitrogens with zero attached hydrogens (tertiary/aromatic N) is 4. The SMILES string of the molecule is CC[C@@]1(OC(=O)[C@H](NC(=O)[C@@H](Cc2cnc[nH]2)NC(=O)[C@@H](CC(C)C)NC(=O)CNC(=O)[C@H](CC(C)C)NC(=O)[C@H]2CCCN2C(=O)Nc2ccc(OC3O[C@H](C)[C@H](O)[C@H](OC)[C@@H]3O)cc2)C(C)C)C(=O)OCc2c1cc1n(c2=O)Cc2cc3ccccc3nc2-1.Cl. The number of carbonyl (C=O) groups excluding carboxylic acids is 8. The lowest BCUT2D eigenvalue weighted by atomic mass is 9.85. The minimum atomic E-state index is -2.10. The third-order valence-electron chi connectivity index (χ3n) is 16.8. The molecule has 9 N–H and O–H groups in total. The molecular weight excluding hydrogens is 1210 g/mol. The van der Waals surface area contributed by atoms with Crippen LogP contribution in [0.3, 0.4) is 0 Å². The van der Waals surface area contributed by atoms with Crippen LogP contribution in [0.1, 0.15) is 110 Å². The van der Waals surface area contributed by atoms with Crippen molar-refractivity contribution in [2.24, 2.45) is 17.8 Å². The molecule has 0 saturated carbocycles. The summed E-state index contributed by atoms with van der Waals surface area (Å²) in [5, 5.41) is 38.2. The van der Waals surface area contributed by atoms with Gasteiger partial charge < -0.3 is 80.2 Å². The van der Waals surface area contributed by atoms with Gasteiger partial charge in [0.25, 0.3) is 5.56 Å². The second-order valence-electron chi connectivity index (χ2n) is 24.7. The van der Waals surface area contributed by atoms with Crippen LogP contribution in [0.25, 0.3) is 22.3 Å². The summed E-state index contributed by atoms with van der Waals surface area (Å²) in [6, 6.07) is 10.7. The minimum absolute atomic E-state index is 0. The van der Waals surface area contributed by atoms with Crippen molar-refractivity contribution in [2.45, 2.75) is 174 Å². The lowest BCUT2D eigenvalue weighted by Gasteiger charge is -2.40. The summed E-state index contributed by atoms with van der Waals surface area (Å²) < 4.78 is 30.1. The topological polar surface area (TPSA) is 362 Å². The summed E-state index contributed by atoms with van der Waals surface area (Å²) in [5.74, 6) is -6.18. The summed E-state index contributed by atoms with van der Waals surface area (Å²) in [6.07, 6.45) is -1.51. The Labute approximate surface area is 537 Å². The van der Waals surface area contributed by atoms with Crippen molar-refractivity contribution in [3.63, 3.8) is 0 Å². The van der Waals surface area contributed by atoms with Gasteiger partial charge in [-0.05, 0) is 99.2 Å². The number of H-pyrrole nitrogens is 1. The van der Waals surface area contributed by atoms with Crippen LogP contribution in [-0.4, -0.2) is 163 Å². The second kappa shape index (κ2) is 29.8. The van der Waals surface area contributed by atoms with E-state index in [4.69, 9.17) is 28.7 Å². The Morgan fingerprint density at radius 3 is 2.22 bits per heavy atom. The molecule has 1 unspecified atom stereocenters. The summed E-state index contributed by atoms with van der Waals surface area (Å²) in [6.45, 7) is 13.4. The van der Waals surface area contributed by atoms with Crippen molar-refractivity contribution in [2.75, 3.05) is 25.5 Å². The standard InChI is InChI=1S/C64H81N11O16.ClH/c1-10-64(42-26-48-51-37(24-36-14-11-12-15-43(36)70-51)29-75(48)59(83)41(42)30-88-62(64)85)91-60(84)50(34(6)7)73-57(81)46(25-39-27-65-31-67-39)71-56(80)45(23-33(4)5)69-49(76)28-66-55(79)44(22-32(2)3)72-58(82)47-16-13-21-74(47)63(86)68-38-17-19-40(20-18-38)90-61-53(78)54(87-9)52(77)35(8)89-61;/h11-12,14-15,17-20,24,26-27,31-35,44-47,50,52-54,61,77-78H,10,13,16,21-23,25,28-30H2,1-9H3,(H,65,67)(H,66,79)(H,68,86)(H,69,76)(H,71,80)(H,72,82)(H,73,81);1H/t35-,44+,45-,46-,47-,50-,52+,53+,54+,61?,64+;/m1./s1. The molecule has 4 aliphatic rings. The molecule has 7 heterocycles. The van der Waals surface area contributed by atoms with Crippen LogP contribution in [0, 0.1) is 17.8 Å². The molecule has 92 heavy (non-hydrogen) atoms. The van der Waals surface area contributed by atoms with Crippen molar-refractivity contribution >= 4 is 76.5 Å². The van der Waals surface area contributed by atoms with Gasteiger partial charge in [0.2, 0.25) is 41.4 Å². The Balaban J connectivity index is 0.0000109. The summed E-state index contributed by atoms with van der Waals surface area (Å²) >= 11 is 0. The summed E-state index contributed by atoms with van der Waals surface area (Å²) in [4.78, 5) is 140. The Morgan fingerprint density at radius 1 is 0.859 bits per heavy atom. The lowest BCUT2D eigenvalue weighted by molar-refractivity contribution is -0.272. The highest BCUT2D eigenvalue weighted by Crippen LogP contribution is 2.41. The fourth-order valence-corrected chi connectivity index (χ4v) is 12.0. The monoisotopic (exact) mass is 1300 g/mol. The zero-order chi connectivity index (χ0) is 65.6. The molecule has 5 aromatic rings. The van der Waals surface area contributed by atoms with Gasteiger partial charge in [0.15, 0.2) is 0 Å². The van der Waals surface area contributed by atoms with Crippen LogP contribution in [0.5, 0.6) is 5.75 Å². The number of urea groups is 1. The normalized spacial score (nSPS) is 21.9. The van der Waals surface area contributed by atoms with Gasteiger partial charge in [-0.3, -0.25) is 28.8 Å². The van der Waals surface area contributed by atoms with Crippen LogP contribution in [0.2, 0.25) is 0 Å². The Hall–Kier alpha value is -8.50. The third kappa shape index (κ3) is 15.3. The highest BCUT2D eigenvalue weighted by molar-refractivity contribution is 5.98. The van der Waals surface area contributed by atoms with E-state index < -0.39 is 132 Å². The number of halogens is 1. The number of aliphatic hydroxyl groups excluding tert-OH is 2. The van der Waals surface area contributed by atoms with Crippen molar-refractivity contribution in [1.82, 2.24) is 51.0 Å². The molecule has 27 nitrogen and oxygen atoms in total. The molecule has 2 saturated heterocycles. The zero-order valence-corrected chi connectivity index (χ0v) is 53.6. The quantitative estimate of drug-likeness (QED) is 0.0392. The molecule has 2 fully saturated rings. The van der Waals surface area contributed by atoms with E-state index in [0.717, 1.165) is 10.9 Å². The number of imidazole rings is 1. The number of benzene rings is 2. The van der Waals surface area contributed by atoms with E-state index in [-0.39, 0.29) is 80.7 Å². The first-order valence-corrected chi connectivity index (χ1v) is 30.8. The Bertz CT molecular complexity index is 3590. The molecule has 4 aliphatic heterocycles. The number of aromatic nitrogens is 4. The minimum Gasteiger partial charge on any atom is -0.462 e. The van der Waals surface area contributed by atoms with E-state index in [9.17, 15) is 53.4 Å². The van der Waals surface area contributed by atoms with Gasteiger partial charge in [0.1, 0.15) is 60.9 Å². The van der Waals surface area contributed by atoms with Crippen molar-refractivity contribution in [3.8, 4) is 17.1 Å². The van der Waals surface area contributed by atoms with Crippen LogP contribution in [0.15, 0.2) is 78.0 Å². The fraction of sp³-hybridized carbons (Fsp3) is 0.516. The van der Waals surface area contributed by atoms with E-state index in [2.05, 4.69) is 41.9 Å². The number of para-hydroxylation sites is 1. The molecule has 0 spiro atoms. The van der Waals surface area contributed by atoms with E-state index >= 15 is 0 Å². The number of methoxy groups -OCH3 is 1. The maximum absolute atomic E-state index is 14.6. The molecule has 0 radical (unpaired) electrons. The van der Waals surface area contributed by atoms with Crippen molar-refractivity contribution in [3.05, 3.63) is 106 Å². The molecular formula is C64H82ClN11O16. The van der Waals surface area contributed by atoms with Gasteiger partial charge in [0, 0.05) is 54.2 Å². The zero-order valence-electron chi connectivity index (χ0n) is 52.8. The number of rotatable bonds is 24. The number of fused-ring (bicyclic) bond motifs is 5. The number of aromatic amines is 1. The van der Waals surface area contributed by atoms with Gasteiger partial charge in [-0.2, -0.15) is 0 Å². The number of nitrogens with one attached hydrogen (secondary N) is 7. The van der Waals surface area contributed by atoms with Gasteiger partial charge in [-0.25, -0.2) is 24.4 Å². The van der Waals surface area contributed by atoms with Gasteiger partial charge in [-0.1, -0.05) is 66.7 Å². The lowest BCUT2D eigenvalue weighted by Crippen LogP contribution is -2.59. The first kappa shape index (κ1) is 69.4. The first-order chi connectivity index (χ1) is 43.4. The highest BCUT2D eigenvalue weighted by atomic mass is 35.5. The smallest absolute Gasteiger partial charge is 0.355 e. The number of esters is 2. The summed E-state index contributed by atoms with van der Waals surface area (Å²) in [7, 11) is 1.36. The van der Waals surface area contributed by atoms with Crippen LogP contribution in [0.4, 0.5) is 10.5 Å². The molecule has 2 aromatic carbocycles. The number of pyridine rings is 2. The van der Waals surface area contributed by atoms with Gasteiger partial charge >= 0.3 is 18.0 Å². The third-order valence-corrected chi connectivity index (χ3v) is 16.8. The molecule has 28 heteroatoms. The molecule has 0 aliphatic carbocycles. The average Bonchev–Trinajstić information content (AvgIpc) is 1.37. The Kier molecular flexibility index (Phi) is 22.5. The number of likely N-dealkylation sites (tertiary alicyclic amines) is 1.